The molecule has 0 fully saturated rings. The van der Waals surface area contributed by atoms with Crippen molar-refractivity contribution in [1.82, 2.24) is 41.1 Å². The van der Waals surface area contributed by atoms with Gasteiger partial charge in [-0.3, -0.25) is 14.4 Å². The van der Waals surface area contributed by atoms with Crippen LogP contribution in [0.15, 0.2) is 64.5 Å². The Labute approximate surface area is 201 Å². The SMILES string of the molecule is C/C(Cn1nnc([N+](=O)[O-])n1)=N/NC(=O)C(NC(=O)c1ccccc1)c1n[nH]c(=O)c2ccccc12. The van der Waals surface area contributed by atoms with E-state index in [1.165, 1.54) is 6.92 Å². The van der Waals surface area contributed by atoms with Gasteiger partial charge in [-0.2, -0.15) is 10.2 Å². The van der Waals surface area contributed by atoms with Gasteiger partial charge in [-0.25, -0.2) is 10.5 Å². The van der Waals surface area contributed by atoms with Crippen LogP contribution < -0.4 is 16.3 Å². The minimum atomic E-state index is -1.33. The number of hydrazone groups is 1. The molecule has 0 saturated carbocycles. The number of amides is 2. The Morgan fingerprint density at radius 2 is 1.83 bits per heavy atom. The summed E-state index contributed by atoms with van der Waals surface area (Å²) < 4.78 is 0. The lowest BCUT2D eigenvalue weighted by Crippen LogP contribution is -2.40. The van der Waals surface area contributed by atoms with Gasteiger partial charge < -0.3 is 15.4 Å². The second-order valence-corrected chi connectivity index (χ2v) is 7.46. The largest absolute Gasteiger partial charge is 0.514 e. The second kappa shape index (κ2) is 10.3. The quantitative estimate of drug-likeness (QED) is 0.178. The summed E-state index contributed by atoms with van der Waals surface area (Å²) in [5.41, 5.74) is 2.59. The van der Waals surface area contributed by atoms with E-state index in [1.807, 2.05) is 0 Å². The topological polar surface area (TPSA) is 203 Å². The number of hydrogen-bond acceptors (Lipinski definition) is 10. The number of nitrogens with zero attached hydrogens (tertiary/aromatic N) is 7. The van der Waals surface area contributed by atoms with E-state index >= 15 is 0 Å². The van der Waals surface area contributed by atoms with Gasteiger partial charge in [0.1, 0.15) is 12.2 Å². The Hall–Kier alpha value is -5.34. The van der Waals surface area contributed by atoms with E-state index in [9.17, 15) is 24.5 Å². The molecule has 0 bridgehead atoms. The van der Waals surface area contributed by atoms with Crippen molar-refractivity contribution < 1.29 is 14.5 Å². The third kappa shape index (κ3) is 5.24. The molecule has 3 N–H and O–H groups in total. The van der Waals surface area contributed by atoms with Crippen molar-refractivity contribution in [3.8, 4) is 0 Å². The molecule has 2 aromatic heterocycles. The highest BCUT2D eigenvalue weighted by molar-refractivity contribution is 5.99. The highest BCUT2D eigenvalue weighted by Crippen LogP contribution is 2.20. The number of carbonyl (C=O) groups is 2. The van der Waals surface area contributed by atoms with Crippen molar-refractivity contribution in [2.24, 2.45) is 5.10 Å². The summed E-state index contributed by atoms with van der Waals surface area (Å²) in [7, 11) is 0. The molecule has 1 atom stereocenters. The van der Waals surface area contributed by atoms with E-state index in [0.29, 0.717) is 10.9 Å². The van der Waals surface area contributed by atoms with Gasteiger partial charge in [0, 0.05) is 16.2 Å². The van der Waals surface area contributed by atoms with Gasteiger partial charge in [0.15, 0.2) is 6.04 Å². The molecule has 0 aliphatic rings. The summed E-state index contributed by atoms with van der Waals surface area (Å²) in [4.78, 5) is 49.1. The summed E-state index contributed by atoms with van der Waals surface area (Å²) in [6, 6.07) is 13.4. The monoisotopic (exact) mass is 490 g/mol. The van der Waals surface area contributed by atoms with Gasteiger partial charge in [-0.1, -0.05) is 41.2 Å². The van der Waals surface area contributed by atoms with Gasteiger partial charge in [0.25, 0.3) is 17.4 Å². The van der Waals surface area contributed by atoms with Crippen LogP contribution in [0.4, 0.5) is 5.95 Å². The zero-order valence-corrected chi connectivity index (χ0v) is 18.7. The Morgan fingerprint density at radius 1 is 1.14 bits per heavy atom. The average Bonchev–Trinajstić information content (AvgIpc) is 3.36. The Morgan fingerprint density at radius 3 is 2.53 bits per heavy atom. The first kappa shape index (κ1) is 23.8. The summed E-state index contributed by atoms with van der Waals surface area (Å²) in [6.07, 6.45) is 0. The number of fused-ring (bicyclic) bond motifs is 1. The predicted molar refractivity (Wildman–Crippen MR) is 125 cm³/mol. The smallest absolute Gasteiger partial charge is 0.390 e. The molecule has 182 valence electrons. The molecule has 2 aromatic carbocycles. The fraction of sp³-hybridized carbons (Fsp3) is 0.143. The van der Waals surface area contributed by atoms with Crippen molar-refractivity contribution >= 4 is 34.2 Å². The molecule has 2 amide bonds. The molecule has 4 aromatic rings. The fourth-order valence-corrected chi connectivity index (χ4v) is 3.25. The molecule has 2 heterocycles. The summed E-state index contributed by atoms with van der Waals surface area (Å²) in [6.45, 7) is 1.43. The second-order valence-electron chi connectivity index (χ2n) is 7.46. The van der Waals surface area contributed by atoms with Crippen molar-refractivity contribution in [3.63, 3.8) is 0 Å². The molecular weight excluding hydrogens is 472 g/mol. The lowest BCUT2D eigenvalue weighted by molar-refractivity contribution is -0.394. The maximum Gasteiger partial charge on any atom is 0.514 e. The first-order valence-corrected chi connectivity index (χ1v) is 10.4. The van der Waals surface area contributed by atoms with Crippen molar-refractivity contribution in [2.75, 3.05) is 0 Å². The van der Waals surface area contributed by atoms with Crippen LogP contribution in [-0.2, 0) is 11.3 Å². The maximum absolute atomic E-state index is 13.2. The first-order chi connectivity index (χ1) is 17.3. The number of nitrogens with one attached hydrogen (secondary N) is 3. The number of aromatic nitrogens is 6. The van der Waals surface area contributed by atoms with Crippen molar-refractivity contribution in [2.45, 2.75) is 19.5 Å². The molecule has 1 unspecified atom stereocenters. The number of rotatable bonds is 8. The highest BCUT2D eigenvalue weighted by Gasteiger charge is 2.27. The molecular formula is C21H18N10O5. The van der Waals surface area contributed by atoms with E-state index < -0.39 is 34.3 Å². The number of carbonyl (C=O) groups excluding carboxylic acids is 2. The third-order valence-corrected chi connectivity index (χ3v) is 4.91. The molecule has 0 aliphatic heterocycles. The van der Waals surface area contributed by atoms with Crippen molar-refractivity contribution in [3.05, 3.63) is 86.3 Å². The highest BCUT2D eigenvalue weighted by atomic mass is 16.6. The molecule has 15 nitrogen and oxygen atoms in total. The molecule has 0 radical (unpaired) electrons. The van der Waals surface area contributed by atoms with Gasteiger partial charge in [0.2, 0.25) is 0 Å². The summed E-state index contributed by atoms with van der Waals surface area (Å²) >= 11 is 0. The number of aromatic amines is 1. The first-order valence-electron chi connectivity index (χ1n) is 10.4. The predicted octanol–water partition coefficient (Wildman–Crippen LogP) is 0.481. The number of hydrogen-bond donors (Lipinski definition) is 3. The van der Waals surface area contributed by atoms with Crippen LogP contribution in [-0.4, -0.2) is 52.9 Å². The lowest BCUT2D eigenvalue weighted by atomic mass is 10.0. The molecule has 4 rings (SSSR count). The molecule has 0 spiro atoms. The molecule has 0 saturated heterocycles. The Kier molecular flexibility index (Phi) is 6.80. The van der Waals surface area contributed by atoms with Crippen LogP contribution in [0.2, 0.25) is 0 Å². The van der Waals surface area contributed by atoms with Crippen LogP contribution in [0.5, 0.6) is 0 Å². The summed E-state index contributed by atoms with van der Waals surface area (Å²) in [5, 5.41) is 34.7. The van der Waals surface area contributed by atoms with Gasteiger partial charge >= 0.3 is 5.95 Å². The van der Waals surface area contributed by atoms with E-state index in [2.05, 4.69) is 41.5 Å². The number of nitro groups is 1. The summed E-state index contributed by atoms with van der Waals surface area (Å²) in [5.74, 6) is -1.97. The molecule has 15 heteroatoms. The standard InChI is InChI=1S/C21H18N10O5/c1-12(11-30-28-21(27-29-30)31(35)36)23-26-20(34)17(22-18(32)13-7-3-2-4-8-13)16-14-9-5-6-10-15(14)19(33)25-24-16/h2-10,17H,11H2,1H3,(H,22,32)(H,25,33)(H,26,34)/b23-12-. The van der Waals surface area contributed by atoms with Crippen molar-refractivity contribution in [1.29, 1.82) is 0 Å². The van der Waals surface area contributed by atoms with Crippen LogP contribution in [0, 0.1) is 10.1 Å². The Bertz CT molecular complexity index is 1530. The van der Waals surface area contributed by atoms with E-state index in [0.717, 1.165) is 4.80 Å². The zero-order chi connectivity index (χ0) is 25.7. The van der Waals surface area contributed by atoms with Crippen LogP contribution >= 0.6 is 0 Å². The van der Waals surface area contributed by atoms with Crippen LogP contribution in [0.1, 0.15) is 29.0 Å². The van der Waals surface area contributed by atoms with Crippen LogP contribution in [0.25, 0.3) is 10.8 Å². The van der Waals surface area contributed by atoms with E-state index in [-0.39, 0.29) is 23.3 Å². The van der Waals surface area contributed by atoms with Gasteiger partial charge in [0.05, 0.1) is 21.3 Å². The molecule has 0 aliphatic carbocycles. The Balaban J connectivity index is 1.62. The maximum atomic E-state index is 13.2. The normalized spacial score (nSPS) is 12.2. The lowest BCUT2D eigenvalue weighted by Gasteiger charge is -2.18. The van der Waals surface area contributed by atoms with Gasteiger partial charge in [-0.15, -0.1) is 0 Å². The van der Waals surface area contributed by atoms with Gasteiger partial charge in [-0.05, 0) is 30.0 Å². The third-order valence-electron chi connectivity index (χ3n) is 4.91. The minimum Gasteiger partial charge on any atom is -0.390 e. The zero-order valence-electron chi connectivity index (χ0n) is 18.7. The van der Waals surface area contributed by atoms with Crippen LogP contribution in [0.3, 0.4) is 0 Å². The minimum absolute atomic E-state index is 0.0952. The van der Waals surface area contributed by atoms with E-state index in [1.54, 1.807) is 54.6 Å². The van der Waals surface area contributed by atoms with E-state index in [4.69, 9.17) is 0 Å². The average molecular weight is 490 g/mol. The molecule has 36 heavy (non-hydrogen) atoms. The number of tetrazole rings is 1. The number of H-pyrrole nitrogens is 1. The number of benzene rings is 2. The fourth-order valence-electron chi connectivity index (χ4n) is 3.25.